The van der Waals surface area contributed by atoms with E-state index in [0.29, 0.717) is 16.9 Å². The second kappa shape index (κ2) is 10.9. The Hall–Kier alpha value is -3.27. The molecule has 1 aliphatic carbocycles. The molecule has 1 fully saturated rings. The summed E-state index contributed by atoms with van der Waals surface area (Å²) in [6.45, 7) is -0.0373. The van der Waals surface area contributed by atoms with Crippen LogP contribution in [0.2, 0.25) is 0 Å². The Balaban J connectivity index is 1.66. The molecule has 0 aromatic heterocycles. The number of nitriles is 1. The van der Waals surface area contributed by atoms with Crippen LogP contribution in [-0.2, 0) is 17.6 Å². The second-order valence-corrected chi connectivity index (χ2v) is 7.89. The fraction of sp³-hybridized carbons (Fsp3) is 0.360. The number of alkyl halides is 3. The molecule has 168 valence electrons. The van der Waals surface area contributed by atoms with Crippen molar-refractivity contribution >= 4 is 12.0 Å². The molecular formula is C25H25F3N2O2. The number of halogens is 3. The summed E-state index contributed by atoms with van der Waals surface area (Å²) >= 11 is 0. The van der Waals surface area contributed by atoms with E-state index < -0.39 is 17.6 Å². The Bertz CT molecular complexity index is 1000. The molecule has 7 heteroatoms. The van der Waals surface area contributed by atoms with Crippen molar-refractivity contribution in [3.63, 3.8) is 0 Å². The van der Waals surface area contributed by atoms with Crippen LogP contribution in [0.5, 0.6) is 5.75 Å². The van der Waals surface area contributed by atoms with E-state index in [9.17, 15) is 23.2 Å². The summed E-state index contributed by atoms with van der Waals surface area (Å²) in [5.41, 5.74) is 0.262. The highest BCUT2D eigenvalue weighted by Crippen LogP contribution is 2.30. The fourth-order valence-corrected chi connectivity index (χ4v) is 3.70. The number of benzene rings is 2. The molecule has 1 amide bonds. The molecule has 1 N–H and O–H groups in total. The van der Waals surface area contributed by atoms with Crippen molar-refractivity contribution in [1.29, 1.82) is 5.26 Å². The van der Waals surface area contributed by atoms with Crippen molar-refractivity contribution in [2.45, 2.75) is 57.3 Å². The number of hydrogen-bond acceptors (Lipinski definition) is 3. The van der Waals surface area contributed by atoms with Gasteiger partial charge in [0.15, 0.2) is 0 Å². The predicted molar refractivity (Wildman–Crippen MR) is 115 cm³/mol. The number of ether oxygens (including phenoxy) is 1. The average Bonchev–Trinajstić information content (AvgIpc) is 3.04. The number of amides is 1. The molecule has 2 aromatic carbocycles. The smallest absolute Gasteiger partial charge is 0.416 e. The summed E-state index contributed by atoms with van der Waals surface area (Å²) in [5, 5.41) is 12.4. The molecule has 0 heterocycles. The molecule has 0 spiro atoms. The van der Waals surface area contributed by atoms with Gasteiger partial charge in [-0.1, -0.05) is 49.9 Å². The third-order valence-electron chi connectivity index (χ3n) is 5.38. The van der Waals surface area contributed by atoms with Gasteiger partial charge in [0.25, 0.3) is 5.91 Å². The second-order valence-electron chi connectivity index (χ2n) is 7.89. The van der Waals surface area contributed by atoms with Crippen molar-refractivity contribution in [3.05, 3.63) is 70.8 Å². The quantitative estimate of drug-likeness (QED) is 0.338. The van der Waals surface area contributed by atoms with Crippen molar-refractivity contribution in [2.24, 2.45) is 0 Å². The highest BCUT2D eigenvalue weighted by molar-refractivity contribution is 6.01. The van der Waals surface area contributed by atoms with Gasteiger partial charge in [-0.2, -0.15) is 18.4 Å². The number of carbonyl (C=O) groups is 1. The maximum Gasteiger partial charge on any atom is 0.416 e. The summed E-state index contributed by atoms with van der Waals surface area (Å²) in [6, 6.07) is 13.7. The number of rotatable bonds is 6. The van der Waals surface area contributed by atoms with Crippen LogP contribution in [0, 0.1) is 11.3 Å². The normalized spacial score (nSPS) is 15.5. The first kappa shape index (κ1) is 23.4. The molecule has 0 bridgehead atoms. The van der Waals surface area contributed by atoms with Crippen LogP contribution in [0.1, 0.15) is 55.2 Å². The number of nitrogens with zero attached hydrogens (tertiary/aromatic N) is 1. The largest absolute Gasteiger partial charge is 0.489 e. The lowest BCUT2D eigenvalue weighted by molar-refractivity contribution is -0.137. The molecule has 0 aliphatic heterocycles. The van der Waals surface area contributed by atoms with Crippen molar-refractivity contribution in [3.8, 4) is 11.8 Å². The zero-order valence-electron chi connectivity index (χ0n) is 17.6. The molecule has 3 rings (SSSR count). The van der Waals surface area contributed by atoms with E-state index in [4.69, 9.17) is 4.74 Å². The Morgan fingerprint density at radius 3 is 2.50 bits per heavy atom. The van der Waals surface area contributed by atoms with Crippen LogP contribution in [0.15, 0.2) is 54.1 Å². The lowest BCUT2D eigenvalue weighted by atomic mass is 10.1. The molecule has 0 saturated heterocycles. The third kappa shape index (κ3) is 6.88. The van der Waals surface area contributed by atoms with E-state index in [0.717, 1.165) is 37.8 Å². The molecule has 0 radical (unpaired) electrons. The topological polar surface area (TPSA) is 62.1 Å². The van der Waals surface area contributed by atoms with Crippen LogP contribution in [0.25, 0.3) is 6.08 Å². The van der Waals surface area contributed by atoms with E-state index in [-0.39, 0.29) is 18.2 Å². The minimum atomic E-state index is -4.41. The van der Waals surface area contributed by atoms with E-state index in [1.807, 2.05) is 6.07 Å². The van der Waals surface area contributed by atoms with Gasteiger partial charge in [0.1, 0.15) is 24.0 Å². The summed E-state index contributed by atoms with van der Waals surface area (Å²) in [4.78, 5) is 12.5. The molecule has 32 heavy (non-hydrogen) atoms. The lowest BCUT2D eigenvalue weighted by Gasteiger charge is -2.15. The Morgan fingerprint density at radius 1 is 1.09 bits per heavy atom. The Kier molecular flexibility index (Phi) is 7.93. The highest BCUT2D eigenvalue weighted by atomic mass is 19.4. The van der Waals surface area contributed by atoms with Gasteiger partial charge in [0, 0.05) is 6.04 Å². The summed E-state index contributed by atoms with van der Waals surface area (Å²) < 4.78 is 44.2. The van der Waals surface area contributed by atoms with Gasteiger partial charge in [0.05, 0.1) is 5.56 Å². The van der Waals surface area contributed by atoms with Gasteiger partial charge in [-0.05, 0) is 54.3 Å². The van der Waals surface area contributed by atoms with E-state index in [1.54, 1.807) is 30.3 Å². The van der Waals surface area contributed by atoms with Crippen LogP contribution in [-0.4, -0.2) is 11.9 Å². The average molecular weight is 442 g/mol. The SMILES string of the molecule is N#C/C(=C\c1cccc(OCc2cccc(C(F)(F)F)c2)c1)C(=O)NC1CCCCCC1. The van der Waals surface area contributed by atoms with Crippen LogP contribution in [0.3, 0.4) is 0 Å². The standard InChI is InChI=1S/C25H25F3N2O2/c26-25(27,28)21-9-5-8-19(14-21)17-32-23-12-6-7-18(15-23)13-20(16-29)24(31)30-22-10-3-1-2-4-11-22/h5-9,12-15,22H,1-4,10-11,17H2,(H,30,31)/b20-13+. The summed E-state index contributed by atoms with van der Waals surface area (Å²) in [6.07, 6.45) is 3.40. The molecule has 2 aromatic rings. The van der Waals surface area contributed by atoms with Crippen molar-refractivity contribution in [1.82, 2.24) is 5.32 Å². The van der Waals surface area contributed by atoms with Crippen molar-refractivity contribution < 1.29 is 22.7 Å². The van der Waals surface area contributed by atoms with Crippen LogP contribution >= 0.6 is 0 Å². The maximum absolute atomic E-state index is 12.9. The van der Waals surface area contributed by atoms with Gasteiger partial charge >= 0.3 is 6.18 Å². The first-order chi connectivity index (χ1) is 15.3. The molecule has 1 saturated carbocycles. The maximum atomic E-state index is 12.9. The predicted octanol–water partition coefficient (Wildman–Crippen LogP) is 6.03. The van der Waals surface area contributed by atoms with Gasteiger partial charge in [-0.3, -0.25) is 4.79 Å². The third-order valence-corrected chi connectivity index (χ3v) is 5.38. The highest BCUT2D eigenvalue weighted by Gasteiger charge is 2.30. The van der Waals surface area contributed by atoms with Crippen LogP contribution < -0.4 is 10.1 Å². The molecular weight excluding hydrogens is 417 g/mol. The fourth-order valence-electron chi connectivity index (χ4n) is 3.70. The molecule has 4 nitrogen and oxygen atoms in total. The van der Waals surface area contributed by atoms with Crippen molar-refractivity contribution in [2.75, 3.05) is 0 Å². The van der Waals surface area contributed by atoms with Crippen LogP contribution in [0.4, 0.5) is 13.2 Å². The Morgan fingerprint density at radius 2 is 1.81 bits per heavy atom. The van der Waals surface area contributed by atoms with E-state index in [2.05, 4.69) is 5.32 Å². The van der Waals surface area contributed by atoms with Gasteiger partial charge in [-0.15, -0.1) is 0 Å². The zero-order chi connectivity index (χ0) is 23.0. The first-order valence-electron chi connectivity index (χ1n) is 10.7. The number of nitrogens with one attached hydrogen (secondary N) is 1. The van der Waals surface area contributed by atoms with E-state index >= 15 is 0 Å². The van der Waals surface area contributed by atoms with Gasteiger partial charge in [-0.25, -0.2) is 0 Å². The zero-order valence-corrected chi connectivity index (χ0v) is 17.6. The summed E-state index contributed by atoms with van der Waals surface area (Å²) in [7, 11) is 0. The number of carbonyl (C=O) groups excluding carboxylic acids is 1. The first-order valence-corrected chi connectivity index (χ1v) is 10.7. The van der Waals surface area contributed by atoms with E-state index in [1.165, 1.54) is 25.0 Å². The lowest BCUT2D eigenvalue weighted by Crippen LogP contribution is -2.35. The number of hydrogen-bond donors (Lipinski definition) is 1. The Labute approximate surface area is 185 Å². The molecule has 0 unspecified atom stereocenters. The minimum Gasteiger partial charge on any atom is -0.489 e. The van der Waals surface area contributed by atoms with Gasteiger partial charge < -0.3 is 10.1 Å². The monoisotopic (exact) mass is 442 g/mol. The molecule has 1 aliphatic rings. The van der Waals surface area contributed by atoms with Gasteiger partial charge in [0.2, 0.25) is 0 Å². The summed E-state index contributed by atoms with van der Waals surface area (Å²) in [5.74, 6) is 0.0346. The molecule has 0 atom stereocenters. The minimum absolute atomic E-state index is 0.00396.